The van der Waals surface area contributed by atoms with Crippen molar-refractivity contribution < 1.29 is 17.9 Å². The molecule has 2 aromatic rings. The van der Waals surface area contributed by atoms with Gasteiger partial charge in [0.05, 0.1) is 12.6 Å². The van der Waals surface area contributed by atoms with Gasteiger partial charge in [-0.15, -0.1) is 0 Å². The van der Waals surface area contributed by atoms with Crippen LogP contribution in [0, 0.1) is 6.92 Å². The van der Waals surface area contributed by atoms with Gasteiger partial charge in [0.2, 0.25) is 5.82 Å². The summed E-state index contributed by atoms with van der Waals surface area (Å²) in [5, 5.41) is 0.0934. The molecule has 0 saturated heterocycles. The van der Waals surface area contributed by atoms with Gasteiger partial charge in [0.25, 0.3) is 0 Å². The minimum absolute atomic E-state index is 0.170. The zero-order valence-corrected chi connectivity index (χ0v) is 10.2. The molecule has 0 fully saturated rings. The van der Waals surface area contributed by atoms with Gasteiger partial charge in [-0.2, -0.15) is 13.2 Å². The third kappa shape index (κ3) is 2.20. The molecule has 3 nitrogen and oxygen atoms in total. The molecule has 0 spiro atoms. The molecule has 1 heterocycles. The van der Waals surface area contributed by atoms with E-state index in [0.29, 0.717) is 16.7 Å². The highest BCUT2D eigenvalue weighted by Crippen LogP contribution is 2.33. The van der Waals surface area contributed by atoms with Crippen molar-refractivity contribution in [1.29, 1.82) is 0 Å². The van der Waals surface area contributed by atoms with Crippen LogP contribution in [-0.4, -0.2) is 17.1 Å². The van der Waals surface area contributed by atoms with E-state index in [9.17, 15) is 13.2 Å². The summed E-state index contributed by atoms with van der Waals surface area (Å²) in [5.74, 6) is -0.751. The second-order valence-corrected chi connectivity index (χ2v) is 4.03. The number of nitrogens with zero attached hydrogens (tertiary/aromatic N) is 2. The van der Waals surface area contributed by atoms with Gasteiger partial charge in [0.15, 0.2) is 0 Å². The maximum Gasteiger partial charge on any atom is 0.451 e. The van der Waals surface area contributed by atoms with Crippen molar-refractivity contribution in [3.05, 3.63) is 28.7 Å². The Bertz CT molecular complexity index is 613. The van der Waals surface area contributed by atoms with Crippen molar-refractivity contribution in [3.8, 4) is 5.75 Å². The number of aromatic nitrogens is 2. The minimum atomic E-state index is -4.62. The van der Waals surface area contributed by atoms with Gasteiger partial charge >= 0.3 is 6.18 Å². The second kappa shape index (κ2) is 4.28. The lowest BCUT2D eigenvalue weighted by molar-refractivity contribution is -0.144. The summed E-state index contributed by atoms with van der Waals surface area (Å²) in [4.78, 5) is 6.77. The van der Waals surface area contributed by atoms with Crippen molar-refractivity contribution in [2.24, 2.45) is 0 Å². The van der Waals surface area contributed by atoms with Crippen LogP contribution in [0.1, 0.15) is 11.4 Å². The van der Waals surface area contributed by atoms with E-state index in [0.717, 1.165) is 0 Å². The second-order valence-electron chi connectivity index (χ2n) is 3.68. The largest absolute Gasteiger partial charge is 0.497 e. The number of benzene rings is 1. The lowest BCUT2D eigenvalue weighted by Gasteiger charge is -2.10. The van der Waals surface area contributed by atoms with Crippen LogP contribution in [0.2, 0.25) is 5.15 Å². The molecule has 0 bridgehead atoms. The Morgan fingerprint density at radius 1 is 1.22 bits per heavy atom. The molecular weight excluding hydrogens is 269 g/mol. The number of ether oxygens (including phenoxy) is 1. The predicted molar refractivity (Wildman–Crippen MR) is 60.8 cm³/mol. The van der Waals surface area contributed by atoms with Crippen LogP contribution in [0.4, 0.5) is 13.2 Å². The molecule has 18 heavy (non-hydrogen) atoms. The maximum atomic E-state index is 12.6. The summed E-state index contributed by atoms with van der Waals surface area (Å²) in [5.41, 5.74) is 0.710. The summed E-state index contributed by atoms with van der Waals surface area (Å²) in [7, 11) is 1.46. The normalized spacial score (nSPS) is 11.9. The lowest BCUT2D eigenvalue weighted by Crippen LogP contribution is -2.11. The van der Waals surface area contributed by atoms with E-state index in [4.69, 9.17) is 16.3 Å². The maximum absolute atomic E-state index is 12.6. The molecule has 7 heteroatoms. The lowest BCUT2D eigenvalue weighted by atomic mass is 10.1. The fourth-order valence-electron chi connectivity index (χ4n) is 1.58. The van der Waals surface area contributed by atoms with E-state index in [2.05, 4.69) is 9.97 Å². The van der Waals surface area contributed by atoms with Gasteiger partial charge < -0.3 is 4.74 Å². The zero-order valence-electron chi connectivity index (χ0n) is 9.47. The molecule has 1 aromatic heterocycles. The number of aryl methyl sites for hydroxylation is 1. The zero-order chi connectivity index (χ0) is 13.5. The summed E-state index contributed by atoms with van der Waals surface area (Å²) >= 11 is 5.76. The van der Waals surface area contributed by atoms with Crippen LogP contribution in [0.15, 0.2) is 12.1 Å². The highest BCUT2D eigenvalue weighted by molar-refractivity contribution is 6.34. The first-order chi connectivity index (χ1) is 8.32. The smallest absolute Gasteiger partial charge is 0.451 e. The van der Waals surface area contributed by atoms with E-state index in [-0.39, 0.29) is 10.7 Å². The summed E-state index contributed by atoms with van der Waals surface area (Å²) in [6.45, 7) is 1.63. The molecule has 0 unspecified atom stereocenters. The molecule has 96 valence electrons. The number of halogens is 4. The fourth-order valence-corrected chi connectivity index (χ4v) is 1.80. The van der Waals surface area contributed by atoms with Crippen molar-refractivity contribution >= 4 is 22.5 Å². The molecule has 0 saturated carbocycles. The van der Waals surface area contributed by atoms with E-state index < -0.39 is 12.0 Å². The summed E-state index contributed by atoms with van der Waals surface area (Å²) in [6, 6.07) is 3.09. The van der Waals surface area contributed by atoms with Crippen LogP contribution in [0.25, 0.3) is 10.9 Å². The topological polar surface area (TPSA) is 35.0 Å². The fraction of sp³-hybridized carbons (Fsp3) is 0.273. The number of fused-ring (bicyclic) bond motifs is 1. The molecule has 0 atom stereocenters. The van der Waals surface area contributed by atoms with Crippen molar-refractivity contribution in [2.75, 3.05) is 7.11 Å². The quantitative estimate of drug-likeness (QED) is 0.746. The molecule has 1 aromatic carbocycles. The monoisotopic (exact) mass is 276 g/mol. The van der Waals surface area contributed by atoms with Crippen LogP contribution < -0.4 is 4.74 Å². The van der Waals surface area contributed by atoms with Crippen molar-refractivity contribution in [1.82, 2.24) is 9.97 Å². The molecule has 0 aliphatic heterocycles. The Balaban J connectivity index is 2.78. The SMILES string of the molecule is COc1cc(C)c2nc(C(F)(F)F)nc(Cl)c2c1. The Morgan fingerprint density at radius 2 is 1.89 bits per heavy atom. The number of hydrogen-bond donors (Lipinski definition) is 0. The highest BCUT2D eigenvalue weighted by Gasteiger charge is 2.35. The van der Waals surface area contributed by atoms with Gasteiger partial charge in [-0.1, -0.05) is 11.6 Å². The molecule has 2 rings (SSSR count). The number of hydrogen-bond acceptors (Lipinski definition) is 3. The standard InChI is InChI=1S/C11H8ClF3N2O/c1-5-3-6(18-2)4-7-8(5)16-10(11(13,14)15)17-9(7)12/h3-4H,1-2H3. The van der Waals surface area contributed by atoms with Gasteiger partial charge in [-0.3, -0.25) is 0 Å². The van der Waals surface area contributed by atoms with Gasteiger partial charge in [-0.05, 0) is 24.6 Å². The Labute approximate surface area is 106 Å². The van der Waals surface area contributed by atoms with E-state index in [1.54, 1.807) is 13.0 Å². The number of methoxy groups -OCH3 is 1. The Morgan fingerprint density at radius 3 is 2.44 bits per heavy atom. The van der Waals surface area contributed by atoms with Gasteiger partial charge in [0.1, 0.15) is 10.9 Å². The number of rotatable bonds is 1. The average molecular weight is 277 g/mol. The Hall–Kier alpha value is -1.56. The van der Waals surface area contributed by atoms with E-state index in [1.807, 2.05) is 0 Å². The average Bonchev–Trinajstić information content (AvgIpc) is 2.28. The molecule has 0 amide bonds. The third-order valence-electron chi connectivity index (χ3n) is 2.41. The van der Waals surface area contributed by atoms with Gasteiger partial charge in [0, 0.05) is 5.39 Å². The molecular formula is C11H8ClF3N2O. The van der Waals surface area contributed by atoms with E-state index >= 15 is 0 Å². The minimum Gasteiger partial charge on any atom is -0.497 e. The molecule has 0 N–H and O–H groups in total. The van der Waals surface area contributed by atoms with Crippen LogP contribution in [0.3, 0.4) is 0 Å². The van der Waals surface area contributed by atoms with E-state index in [1.165, 1.54) is 13.2 Å². The molecule has 0 aliphatic rings. The van der Waals surface area contributed by atoms with Gasteiger partial charge in [-0.25, -0.2) is 9.97 Å². The first-order valence-electron chi connectivity index (χ1n) is 4.92. The highest BCUT2D eigenvalue weighted by atomic mass is 35.5. The van der Waals surface area contributed by atoms with Crippen molar-refractivity contribution in [2.45, 2.75) is 13.1 Å². The molecule has 0 aliphatic carbocycles. The third-order valence-corrected chi connectivity index (χ3v) is 2.70. The van der Waals surface area contributed by atoms with Crippen molar-refractivity contribution in [3.63, 3.8) is 0 Å². The summed E-state index contributed by atoms with van der Waals surface area (Å²) in [6.07, 6.45) is -4.62. The Kier molecular flexibility index (Phi) is 3.06. The predicted octanol–water partition coefficient (Wildman–Crippen LogP) is 3.62. The summed E-state index contributed by atoms with van der Waals surface area (Å²) < 4.78 is 42.7. The number of alkyl halides is 3. The first kappa shape index (κ1) is 12.9. The first-order valence-corrected chi connectivity index (χ1v) is 5.30. The molecule has 0 radical (unpaired) electrons. The van der Waals surface area contributed by atoms with Crippen LogP contribution in [-0.2, 0) is 6.18 Å². The van der Waals surface area contributed by atoms with Crippen LogP contribution in [0.5, 0.6) is 5.75 Å². The van der Waals surface area contributed by atoms with Crippen LogP contribution >= 0.6 is 11.6 Å².